The maximum atomic E-state index is 6.03. The maximum Gasteiger partial charge on any atom is 0.182 e. The summed E-state index contributed by atoms with van der Waals surface area (Å²) < 4.78 is 1.78. The molecule has 6 heteroatoms. The van der Waals surface area contributed by atoms with E-state index >= 15 is 0 Å². The highest BCUT2D eigenvalue weighted by Crippen LogP contribution is 2.22. The minimum absolute atomic E-state index is 0.259. The second-order valence-electron chi connectivity index (χ2n) is 5.29. The van der Waals surface area contributed by atoms with E-state index in [1.54, 1.807) is 10.7 Å². The molecule has 0 amide bonds. The van der Waals surface area contributed by atoms with Crippen LogP contribution in [0, 0.1) is 0 Å². The Bertz CT molecular complexity index is 773. The van der Waals surface area contributed by atoms with E-state index in [-0.39, 0.29) is 5.92 Å². The summed E-state index contributed by atoms with van der Waals surface area (Å²) in [6.45, 7) is 4.66. The third-order valence-corrected chi connectivity index (χ3v) is 3.41. The number of fused-ring (bicyclic) bond motifs is 1. The Kier molecular flexibility index (Phi) is 3.31. The zero-order chi connectivity index (χ0) is 15.0. The van der Waals surface area contributed by atoms with Gasteiger partial charge in [-0.1, -0.05) is 38.1 Å². The highest BCUT2D eigenvalue weighted by molar-refractivity contribution is 5.67. The summed E-state index contributed by atoms with van der Waals surface area (Å²) in [5, 5.41) is 4.57. The molecule has 2 aromatic heterocycles. The predicted molar refractivity (Wildman–Crippen MR) is 82.6 cm³/mol. The Morgan fingerprint density at radius 2 is 1.90 bits per heavy atom. The van der Waals surface area contributed by atoms with Crippen molar-refractivity contribution in [2.24, 2.45) is 5.73 Å². The number of imidazole rings is 1. The van der Waals surface area contributed by atoms with Crippen molar-refractivity contribution in [1.29, 1.82) is 0 Å². The maximum absolute atomic E-state index is 6.03. The third-order valence-electron chi connectivity index (χ3n) is 3.41. The lowest BCUT2D eigenvalue weighted by atomic mass is 10.1. The molecule has 1 aromatic carbocycles. The van der Waals surface area contributed by atoms with E-state index in [2.05, 4.69) is 28.9 Å². The van der Waals surface area contributed by atoms with Gasteiger partial charge < -0.3 is 11.5 Å². The van der Waals surface area contributed by atoms with E-state index in [9.17, 15) is 0 Å². The molecule has 0 aliphatic rings. The summed E-state index contributed by atoms with van der Waals surface area (Å²) in [7, 11) is 0. The Morgan fingerprint density at radius 1 is 1.19 bits per heavy atom. The van der Waals surface area contributed by atoms with Crippen LogP contribution in [0.4, 0.5) is 5.82 Å². The van der Waals surface area contributed by atoms with E-state index in [1.807, 2.05) is 24.3 Å². The quantitative estimate of drug-likeness (QED) is 0.765. The second kappa shape index (κ2) is 5.14. The van der Waals surface area contributed by atoms with Gasteiger partial charge in [0.1, 0.15) is 11.3 Å². The standard InChI is InChI=1S/C15H18N6/c1-9(2)15-18-8-12-13(17)19-14(20-21(12)15)11-5-3-10(7-16)4-6-11/h3-6,8-9H,7,16H2,1-2H3,(H2,17,19,20). The number of aromatic nitrogens is 4. The molecule has 0 bridgehead atoms. The molecule has 2 heterocycles. The van der Waals surface area contributed by atoms with E-state index in [0.717, 1.165) is 22.5 Å². The lowest BCUT2D eigenvalue weighted by molar-refractivity contribution is 0.724. The van der Waals surface area contributed by atoms with Gasteiger partial charge in [0, 0.05) is 18.0 Å². The molecule has 0 aliphatic heterocycles. The van der Waals surface area contributed by atoms with E-state index < -0.39 is 0 Å². The van der Waals surface area contributed by atoms with Crippen LogP contribution in [0.25, 0.3) is 16.9 Å². The minimum Gasteiger partial charge on any atom is -0.382 e. The van der Waals surface area contributed by atoms with Gasteiger partial charge in [-0.05, 0) is 5.56 Å². The first-order chi connectivity index (χ1) is 10.1. The van der Waals surface area contributed by atoms with Gasteiger partial charge in [-0.15, -0.1) is 5.10 Å². The number of rotatable bonds is 3. The molecule has 0 aliphatic carbocycles. The average molecular weight is 282 g/mol. The lowest BCUT2D eigenvalue weighted by Crippen LogP contribution is -2.07. The molecule has 0 fully saturated rings. The van der Waals surface area contributed by atoms with E-state index in [0.29, 0.717) is 18.2 Å². The van der Waals surface area contributed by atoms with Crippen molar-refractivity contribution < 1.29 is 0 Å². The smallest absolute Gasteiger partial charge is 0.182 e. The van der Waals surface area contributed by atoms with Gasteiger partial charge in [-0.25, -0.2) is 14.5 Å². The van der Waals surface area contributed by atoms with Gasteiger partial charge in [-0.3, -0.25) is 0 Å². The van der Waals surface area contributed by atoms with Crippen LogP contribution in [0.1, 0.15) is 31.2 Å². The van der Waals surface area contributed by atoms with Crippen LogP contribution in [-0.4, -0.2) is 19.6 Å². The molecule has 3 aromatic rings. The summed E-state index contributed by atoms with van der Waals surface area (Å²) >= 11 is 0. The van der Waals surface area contributed by atoms with Crippen molar-refractivity contribution >= 4 is 11.3 Å². The summed E-state index contributed by atoms with van der Waals surface area (Å²) in [6, 6.07) is 7.84. The van der Waals surface area contributed by atoms with E-state index in [1.165, 1.54) is 0 Å². The fraction of sp³-hybridized carbons (Fsp3) is 0.267. The first-order valence-electron chi connectivity index (χ1n) is 6.90. The summed E-state index contributed by atoms with van der Waals surface area (Å²) in [6.07, 6.45) is 1.71. The van der Waals surface area contributed by atoms with Crippen LogP contribution >= 0.6 is 0 Å². The Labute approximate surface area is 122 Å². The van der Waals surface area contributed by atoms with Crippen LogP contribution in [-0.2, 0) is 6.54 Å². The summed E-state index contributed by atoms with van der Waals surface area (Å²) in [5.74, 6) is 2.15. The molecule has 108 valence electrons. The van der Waals surface area contributed by atoms with Crippen LogP contribution in [0.5, 0.6) is 0 Å². The van der Waals surface area contributed by atoms with Crippen LogP contribution in [0.2, 0.25) is 0 Å². The van der Waals surface area contributed by atoms with Gasteiger partial charge >= 0.3 is 0 Å². The van der Waals surface area contributed by atoms with Gasteiger partial charge in [0.25, 0.3) is 0 Å². The first kappa shape index (κ1) is 13.5. The zero-order valence-corrected chi connectivity index (χ0v) is 12.1. The number of hydrogen-bond acceptors (Lipinski definition) is 5. The highest BCUT2D eigenvalue weighted by atomic mass is 15.3. The number of nitrogens with two attached hydrogens (primary N) is 2. The molecular formula is C15H18N6. The molecule has 0 saturated heterocycles. The molecular weight excluding hydrogens is 264 g/mol. The number of benzene rings is 1. The molecule has 3 rings (SSSR count). The Morgan fingerprint density at radius 3 is 2.52 bits per heavy atom. The third kappa shape index (κ3) is 2.34. The molecule has 0 radical (unpaired) electrons. The van der Waals surface area contributed by atoms with Crippen molar-refractivity contribution in [2.45, 2.75) is 26.3 Å². The second-order valence-corrected chi connectivity index (χ2v) is 5.29. The first-order valence-corrected chi connectivity index (χ1v) is 6.90. The van der Waals surface area contributed by atoms with E-state index in [4.69, 9.17) is 11.5 Å². The van der Waals surface area contributed by atoms with Crippen LogP contribution in [0.3, 0.4) is 0 Å². The van der Waals surface area contributed by atoms with Crippen LogP contribution in [0.15, 0.2) is 30.5 Å². The number of nitrogens with zero attached hydrogens (tertiary/aromatic N) is 4. The number of hydrogen-bond donors (Lipinski definition) is 2. The molecule has 6 nitrogen and oxygen atoms in total. The fourth-order valence-electron chi connectivity index (χ4n) is 2.23. The molecule has 0 saturated carbocycles. The molecule has 0 atom stereocenters. The number of nitrogen functional groups attached to an aromatic ring is 1. The normalized spacial score (nSPS) is 11.4. The monoisotopic (exact) mass is 282 g/mol. The largest absolute Gasteiger partial charge is 0.382 e. The predicted octanol–water partition coefficient (Wildman–Crippen LogP) is 1.96. The van der Waals surface area contributed by atoms with Gasteiger partial charge in [0.2, 0.25) is 0 Å². The summed E-state index contributed by atoms with van der Waals surface area (Å²) in [5.41, 5.74) is 14.4. The van der Waals surface area contributed by atoms with Crippen LogP contribution < -0.4 is 11.5 Å². The van der Waals surface area contributed by atoms with Crippen molar-refractivity contribution in [2.75, 3.05) is 5.73 Å². The average Bonchev–Trinajstić information content (AvgIpc) is 2.92. The van der Waals surface area contributed by atoms with Crippen molar-refractivity contribution in [3.8, 4) is 11.4 Å². The van der Waals surface area contributed by atoms with Crippen molar-refractivity contribution in [3.05, 3.63) is 41.9 Å². The zero-order valence-electron chi connectivity index (χ0n) is 12.1. The topological polar surface area (TPSA) is 95.1 Å². The number of anilines is 1. The van der Waals surface area contributed by atoms with Crippen molar-refractivity contribution in [3.63, 3.8) is 0 Å². The Balaban J connectivity index is 2.16. The highest BCUT2D eigenvalue weighted by Gasteiger charge is 2.14. The summed E-state index contributed by atoms with van der Waals surface area (Å²) in [4.78, 5) is 8.76. The molecule has 4 N–H and O–H groups in total. The van der Waals surface area contributed by atoms with Gasteiger partial charge in [0.15, 0.2) is 11.6 Å². The van der Waals surface area contributed by atoms with Crippen molar-refractivity contribution in [1.82, 2.24) is 19.6 Å². The minimum atomic E-state index is 0.259. The lowest BCUT2D eigenvalue weighted by Gasteiger charge is -2.07. The molecule has 0 unspecified atom stereocenters. The fourth-order valence-corrected chi connectivity index (χ4v) is 2.23. The SMILES string of the molecule is CC(C)c1ncc2c(N)nc(-c3ccc(CN)cc3)nn12. The molecule has 0 spiro atoms. The van der Waals surface area contributed by atoms with Gasteiger partial charge in [0.05, 0.1) is 6.20 Å². The molecule has 21 heavy (non-hydrogen) atoms. The van der Waals surface area contributed by atoms with Gasteiger partial charge in [-0.2, -0.15) is 0 Å². The Hall–Kier alpha value is -2.47.